The van der Waals surface area contributed by atoms with Gasteiger partial charge in [0, 0.05) is 38.8 Å². The Hall–Kier alpha value is -0.690. The molecule has 114 valence electrons. The molecule has 0 aliphatic carbocycles. The van der Waals surface area contributed by atoms with Crippen molar-refractivity contribution in [2.24, 2.45) is 0 Å². The van der Waals surface area contributed by atoms with E-state index in [1.807, 2.05) is 0 Å². The Morgan fingerprint density at radius 3 is 2.40 bits per heavy atom. The highest BCUT2D eigenvalue weighted by molar-refractivity contribution is 7.15. The summed E-state index contributed by atoms with van der Waals surface area (Å²) in [5.41, 5.74) is 1.10. The van der Waals surface area contributed by atoms with Crippen molar-refractivity contribution in [1.82, 2.24) is 9.88 Å². The van der Waals surface area contributed by atoms with Crippen LogP contribution < -0.4 is 4.90 Å². The molecule has 0 bridgehead atoms. The normalized spacial score (nSPS) is 17.8. The van der Waals surface area contributed by atoms with E-state index in [0.29, 0.717) is 6.61 Å². The summed E-state index contributed by atoms with van der Waals surface area (Å²) in [6, 6.07) is 0. The summed E-state index contributed by atoms with van der Waals surface area (Å²) in [4.78, 5) is 10.4. The maximum atomic E-state index is 9.39. The van der Waals surface area contributed by atoms with E-state index in [0.717, 1.165) is 41.9 Å². The van der Waals surface area contributed by atoms with E-state index in [4.69, 9.17) is 4.74 Å². The van der Waals surface area contributed by atoms with Gasteiger partial charge in [-0.1, -0.05) is 11.3 Å². The van der Waals surface area contributed by atoms with Gasteiger partial charge in [0.25, 0.3) is 0 Å². The lowest BCUT2D eigenvalue weighted by molar-refractivity contribution is 0.128. The number of aromatic nitrogens is 1. The van der Waals surface area contributed by atoms with Gasteiger partial charge >= 0.3 is 0 Å². The number of nitrogens with zero attached hydrogens (tertiary/aromatic N) is 3. The molecule has 0 radical (unpaired) electrons. The molecule has 0 amide bonds. The van der Waals surface area contributed by atoms with Gasteiger partial charge in [0.1, 0.15) is 0 Å². The molecule has 0 atom stereocenters. The van der Waals surface area contributed by atoms with Crippen LogP contribution in [0.4, 0.5) is 5.13 Å². The topological polar surface area (TPSA) is 48.8 Å². The van der Waals surface area contributed by atoms with Crippen molar-refractivity contribution in [3.05, 3.63) is 10.6 Å². The van der Waals surface area contributed by atoms with Crippen LogP contribution in [0.3, 0.4) is 0 Å². The van der Waals surface area contributed by atoms with Gasteiger partial charge in [-0.15, -0.1) is 0 Å². The minimum atomic E-state index is 0.0400. The predicted molar refractivity (Wildman–Crippen MR) is 82.3 cm³/mol. The van der Waals surface area contributed by atoms with Crippen LogP contribution in [0.1, 0.15) is 31.3 Å². The Morgan fingerprint density at radius 1 is 1.25 bits per heavy atom. The lowest BCUT2D eigenvalue weighted by atomic mass is 10.1. The average molecular weight is 299 g/mol. The molecule has 0 spiro atoms. The number of hydrogen-bond acceptors (Lipinski definition) is 6. The Balaban J connectivity index is 2.03. The molecule has 0 saturated carbocycles. The smallest absolute Gasteiger partial charge is 0.186 e. The molecule has 0 aromatic carbocycles. The summed E-state index contributed by atoms with van der Waals surface area (Å²) in [6.45, 7) is 11.4. The van der Waals surface area contributed by atoms with Crippen LogP contribution in [-0.4, -0.2) is 53.8 Å². The first-order chi connectivity index (χ1) is 9.45. The van der Waals surface area contributed by atoms with Gasteiger partial charge in [-0.3, -0.25) is 4.90 Å². The quantitative estimate of drug-likeness (QED) is 0.917. The summed E-state index contributed by atoms with van der Waals surface area (Å²) in [6.07, 6.45) is 0. The van der Waals surface area contributed by atoms with E-state index in [9.17, 15) is 5.11 Å². The van der Waals surface area contributed by atoms with Gasteiger partial charge < -0.3 is 14.7 Å². The zero-order chi connectivity index (χ0) is 14.8. The minimum absolute atomic E-state index is 0.0400. The number of ether oxygens (including phenoxy) is 1. The van der Waals surface area contributed by atoms with Gasteiger partial charge in [0.15, 0.2) is 5.13 Å². The largest absolute Gasteiger partial charge is 0.391 e. The highest BCUT2D eigenvalue weighted by Crippen LogP contribution is 2.28. The average Bonchev–Trinajstić information content (AvgIpc) is 2.81. The van der Waals surface area contributed by atoms with Crippen LogP contribution in [0.25, 0.3) is 0 Å². The summed E-state index contributed by atoms with van der Waals surface area (Å²) < 4.78 is 5.14. The number of rotatable bonds is 4. The van der Waals surface area contributed by atoms with Crippen molar-refractivity contribution in [1.29, 1.82) is 0 Å². The number of piperazine rings is 1. The van der Waals surface area contributed by atoms with Gasteiger partial charge in [-0.25, -0.2) is 4.98 Å². The molecule has 1 fully saturated rings. The van der Waals surface area contributed by atoms with Crippen molar-refractivity contribution in [3.8, 4) is 0 Å². The molecule has 2 rings (SSSR count). The summed E-state index contributed by atoms with van der Waals surface area (Å²) in [5.74, 6) is 0. The number of aliphatic hydroxyl groups is 1. The lowest BCUT2D eigenvalue weighted by Crippen LogP contribution is -2.53. The number of methoxy groups -OCH3 is 1. The summed E-state index contributed by atoms with van der Waals surface area (Å²) >= 11 is 1.58. The first-order valence-electron chi connectivity index (χ1n) is 7.04. The Labute approximate surface area is 125 Å². The summed E-state index contributed by atoms with van der Waals surface area (Å²) in [5, 5.41) is 10.4. The van der Waals surface area contributed by atoms with Gasteiger partial charge in [0.2, 0.25) is 0 Å². The zero-order valence-electron chi connectivity index (χ0n) is 12.8. The molecule has 1 aliphatic heterocycles. The van der Waals surface area contributed by atoms with Gasteiger partial charge in [-0.05, 0) is 20.8 Å². The molecule has 0 unspecified atom stereocenters. The molecule has 1 aromatic heterocycles. The van der Waals surface area contributed by atoms with Crippen LogP contribution in [0.15, 0.2) is 0 Å². The molecule has 1 saturated heterocycles. The van der Waals surface area contributed by atoms with Crippen LogP contribution in [-0.2, 0) is 18.0 Å². The van der Waals surface area contributed by atoms with Crippen molar-refractivity contribution >= 4 is 16.5 Å². The number of hydrogen-bond donors (Lipinski definition) is 1. The fourth-order valence-electron chi connectivity index (χ4n) is 2.45. The maximum Gasteiger partial charge on any atom is 0.186 e. The Bertz CT molecular complexity index is 434. The molecule has 1 aliphatic rings. The highest BCUT2D eigenvalue weighted by Gasteiger charge is 2.27. The van der Waals surface area contributed by atoms with E-state index in [2.05, 4.69) is 35.6 Å². The van der Waals surface area contributed by atoms with E-state index < -0.39 is 0 Å². The molecule has 1 N–H and O–H groups in total. The van der Waals surface area contributed by atoms with Crippen molar-refractivity contribution in [2.75, 3.05) is 38.2 Å². The first-order valence-corrected chi connectivity index (χ1v) is 7.85. The summed E-state index contributed by atoms with van der Waals surface area (Å²) in [7, 11) is 1.66. The van der Waals surface area contributed by atoms with Crippen LogP contribution in [0, 0.1) is 0 Å². The predicted octanol–water partition coefficient (Wildman–Crippen LogP) is 1.70. The second-order valence-electron chi connectivity index (χ2n) is 6.10. The third-order valence-corrected chi connectivity index (χ3v) is 4.83. The molecule has 20 heavy (non-hydrogen) atoms. The monoisotopic (exact) mass is 299 g/mol. The highest BCUT2D eigenvalue weighted by atomic mass is 32.1. The number of anilines is 1. The van der Waals surface area contributed by atoms with Gasteiger partial charge in [-0.2, -0.15) is 0 Å². The van der Waals surface area contributed by atoms with Gasteiger partial charge in [0.05, 0.1) is 23.8 Å². The molecular formula is C14H25N3O2S. The second kappa shape index (κ2) is 6.39. The fraction of sp³-hybridized carbons (Fsp3) is 0.786. The Kier molecular flexibility index (Phi) is 5.01. The number of aliphatic hydroxyl groups excluding tert-OH is 1. The molecule has 6 heteroatoms. The zero-order valence-corrected chi connectivity index (χ0v) is 13.7. The third kappa shape index (κ3) is 3.49. The maximum absolute atomic E-state index is 9.39. The molecular weight excluding hydrogens is 274 g/mol. The lowest BCUT2D eigenvalue weighted by Gasteiger charge is -2.42. The SMILES string of the molecule is COCc1nc(N2CCN(C(C)(C)C)CC2)sc1CO. The standard InChI is InChI=1S/C14H25N3O2S/c1-14(2,3)17-7-5-16(6-8-17)13-15-11(10-19-4)12(9-18)20-13/h18H,5-10H2,1-4H3. The Morgan fingerprint density at radius 2 is 1.90 bits per heavy atom. The minimum Gasteiger partial charge on any atom is -0.391 e. The van der Waals surface area contributed by atoms with Crippen LogP contribution in [0.2, 0.25) is 0 Å². The van der Waals surface area contributed by atoms with Crippen molar-refractivity contribution < 1.29 is 9.84 Å². The third-order valence-electron chi connectivity index (χ3n) is 3.69. The van der Waals surface area contributed by atoms with E-state index in [1.54, 1.807) is 18.4 Å². The molecule has 2 heterocycles. The second-order valence-corrected chi connectivity index (χ2v) is 7.16. The van der Waals surface area contributed by atoms with E-state index >= 15 is 0 Å². The number of thiazole rings is 1. The fourth-order valence-corrected chi connectivity index (χ4v) is 3.42. The van der Waals surface area contributed by atoms with Crippen LogP contribution >= 0.6 is 11.3 Å². The first kappa shape index (κ1) is 15.7. The molecule has 5 nitrogen and oxygen atoms in total. The van der Waals surface area contributed by atoms with E-state index in [-0.39, 0.29) is 12.1 Å². The van der Waals surface area contributed by atoms with Crippen molar-refractivity contribution in [3.63, 3.8) is 0 Å². The van der Waals surface area contributed by atoms with Crippen LogP contribution in [0.5, 0.6) is 0 Å². The van der Waals surface area contributed by atoms with E-state index in [1.165, 1.54) is 0 Å². The molecule has 1 aromatic rings. The van der Waals surface area contributed by atoms with Crippen molar-refractivity contribution in [2.45, 2.75) is 39.5 Å².